The van der Waals surface area contributed by atoms with Crippen LogP contribution in [0, 0.1) is 5.92 Å². The Hall–Kier alpha value is -1.96. The highest BCUT2D eigenvalue weighted by molar-refractivity contribution is 6.30. The molecule has 0 spiro atoms. The van der Waals surface area contributed by atoms with Gasteiger partial charge >= 0.3 is 0 Å². The quantitative estimate of drug-likeness (QED) is 0.857. The Morgan fingerprint density at radius 1 is 1.23 bits per heavy atom. The molecule has 2 heterocycles. The smallest absolute Gasteiger partial charge is 0.241 e. The predicted molar refractivity (Wildman–Crippen MR) is 99.4 cm³/mol. The summed E-state index contributed by atoms with van der Waals surface area (Å²) in [5, 5.41) is 4.70. The largest absolute Gasteiger partial charge is 0.339 e. The topological polar surface area (TPSA) is 88.5 Å². The van der Waals surface area contributed by atoms with Gasteiger partial charge in [0, 0.05) is 36.8 Å². The van der Waals surface area contributed by atoms with Crippen LogP contribution in [0.3, 0.4) is 0 Å². The molecule has 1 aromatic heterocycles. The third kappa shape index (κ3) is 4.41. The summed E-state index contributed by atoms with van der Waals surface area (Å²) >= 11 is 5.90. The number of amides is 1. The summed E-state index contributed by atoms with van der Waals surface area (Å²) in [7, 11) is 0. The van der Waals surface area contributed by atoms with Gasteiger partial charge in [0.25, 0.3) is 0 Å². The predicted octanol–water partition coefficient (Wildman–Crippen LogP) is 2.02. The van der Waals surface area contributed by atoms with Gasteiger partial charge in [-0.15, -0.1) is 0 Å². The molecule has 1 aliphatic heterocycles. The number of carbonyl (C=O) groups is 1. The van der Waals surface area contributed by atoms with Crippen LogP contribution in [-0.2, 0) is 11.3 Å². The molecule has 1 atom stereocenters. The molecule has 2 aromatic rings. The second kappa shape index (κ2) is 8.16. The lowest BCUT2D eigenvalue weighted by molar-refractivity contribution is -0.135. The van der Waals surface area contributed by atoms with Crippen LogP contribution >= 0.6 is 11.6 Å². The first kappa shape index (κ1) is 18.8. The third-order valence-electron chi connectivity index (χ3n) is 4.62. The summed E-state index contributed by atoms with van der Waals surface area (Å²) in [5.74, 6) is 1.29. The number of nitrogens with zero attached hydrogens (tertiary/aromatic N) is 4. The van der Waals surface area contributed by atoms with Gasteiger partial charge in [0.1, 0.15) is 0 Å². The maximum absolute atomic E-state index is 12.3. The first-order chi connectivity index (χ1) is 12.4. The summed E-state index contributed by atoms with van der Waals surface area (Å²) in [4.78, 5) is 20.8. The number of carbonyl (C=O) groups excluding carboxylic acids is 1. The SMILES string of the molecule is CC(C)[C@H](N)C(=O)N1CCN(Cc2nc(-c3ccc(Cl)cc3)no2)CC1. The van der Waals surface area contributed by atoms with E-state index in [0.717, 1.165) is 18.7 Å². The van der Waals surface area contributed by atoms with Crippen LogP contribution in [0.2, 0.25) is 5.02 Å². The molecule has 7 nitrogen and oxygen atoms in total. The standard InChI is InChI=1S/C18H24ClN5O2/c1-12(2)16(20)18(25)24-9-7-23(8-10-24)11-15-21-17(22-26-15)13-3-5-14(19)6-4-13/h3-6,12,16H,7-11,20H2,1-2H3/t16-/m0/s1. The van der Waals surface area contributed by atoms with Crippen LogP contribution in [0.5, 0.6) is 0 Å². The highest BCUT2D eigenvalue weighted by Gasteiger charge is 2.27. The zero-order chi connectivity index (χ0) is 18.7. The van der Waals surface area contributed by atoms with Gasteiger partial charge in [-0.05, 0) is 30.2 Å². The zero-order valence-corrected chi connectivity index (χ0v) is 15.8. The Bertz CT molecular complexity index is 738. The van der Waals surface area contributed by atoms with E-state index in [2.05, 4.69) is 15.0 Å². The van der Waals surface area contributed by atoms with E-state index in [9.17, 15) is 4.79 Å². The van der Waals surface area contributed by atoms with Crippen LogP contribution in [0.1, 0.15) is 19.7 Å². The van der Waals surface area contributed by atoms with Gasteiger partial charge in [-0.1, -0.05) is 30.6 Å². The number of rotatable bonds is 5. The van der Waals surface area contributed by atoms with Crippen LogP contribution in [-0.4, -0.2) is 58.1 Å². The minimum absolute atomic E-state index is 0.0301. The Morgan fingerprint density at radius 2 is 1.88 bits per heavy atom. The van der Waals surface area contributed by atoms with Crippen LogP contribution < -0.4 is 5.73 Å². The number of hydrogen-bond donors (Lipinski definition) is 1. The van der Waals surface area contributed by atoms with Crippen molar-refractivity contribution in [1.82, 2.24) is 19.9 Å². The fourth-order valence-corrected chi connectivity index (χ4v) is 2.97. The third-order valence-corrected chi connectivity index (χ3v) is 4.87. The molecule has 2 N–H and O–H groups in total. The molecular formula is C18H24ClN5O2. The van der Waals surface area contributed by atoms with Crippen molar-refractivity contribution in [3.63, 3.8) is 0 Å². The van der Waals surface area contributed by atoms with Crippen molar-refractivity contribution in [3.8, 4) is 11.4 Å². The lowest BCUT2D eigenvalue weighted by atomic mass is 10.0. The van der Waals surface area contributed by atoms with Crippen molar-refractivity contribution in [2.45, 2.75) is 26.4 Å². The van der Waals surface area contributed by atoms with Crippen molar-refractivity contribution in [2.24, 2.45) is 11.7 Å². The molecule has 8 heteroatoms. The molecule has 1 aliphatic rings. The zero-order valence-electron chi connectivity index (χ0n) is 15.1. The van der Waals surface area contributed by atoms with Crippen molar-refractivity contribution in [3.05, 3.63) is 35.2 Å². The molecule has 0 aliphatic carbocycles. The Morgan fingerprint density at radius 3 is 2.50 bits per heavy atom. The summed E-state index contributed by atoms with van der Waals surface area (Å²) in [6.45, 7) is 7.34. The van der Waals surface area contributed by atoms with Gasteiger partial charge in [0.2, 0.25) is 17.6 Å². The van der Waals surface area contributed by atoms with Gasteiger partial charge in [-0.3, -0.25) is 9.69 Å². The Balaban J connectivity index is 1.54. The average Bonchev–Trinajstić information content (AvgIpc) is 3.10. The summed E-state index contributed by atoms with van der Waals surface area (Å²) in [5.41, 5.74) is 6.83. The number of hydrogen-bond acceptors (Lipinski definition) is 6. The fraction of sp³-hybridized carbons (Fsp3) is 0.500. The minimum atomic E-state index is -0.431. The maximum atomic E-state index is 12.3. The highest BCUT2D eigenvalue weighted by Crippen LogP contribution is 2.19. The van der Waals surface area contributed by atoms with Gasteiger partial charge in [0.05, 0.1) is 12.6 Å². The summed E-state index contributed by atoms with van der Waals surface area (Å²) in [6, 6.07) is 6.88. The number of nitrogens with two attached hydrogens (primary N) is 1. The van der Waals surface area contributed by atoms with Crippen molar-refractivity contribution in [1.29, 1.82) is 0 Å². The van der Waals surface area contributed by atoms with Gasteiger partial charge in [0.15, 0.2) is 0 Å². The Labute approximate surface area is 158 Å². The molecule has 1 aromatic carbocycles. The molecule has 3 rings (SSSR count). The molecule has 1 fully saturated rings. The van der Waals surface area contributed by atoms with Gasteiger partial charge in [-0.2, -0.15) is 4.98 Å². The van der Waals surface area contributed by atoms with E-state index in [4.69, 9.17) is 21.9 Å². The fourth-order valence-electron chi connectivity index (χ4n) is 2.85. The average molecular weight is 378 g/mol. The van der Waals surface area contributed by atoms with Gasteiger partial charge < -0.3 is 15.2 Å². The van der Waals surface area contributed by atoms with Crippen LogP contribution in [0.25, 0.3) is 11.4 Å². The monoisotopic (exact) mass is 377 g/mol. The lowest BCUT2D eigenvalue weighted by Gasteiger charge is -2.35. The maximum Gasteiger partial charge on any atom is 0.241 e. The number of piperazine rings is 1. The lowest BCUT2D eigenvalue weighted by Crippen LogP contribution is -2.54. The van der Waals surface area contributed by atoms with E-state index in [1.165, 1.54) is 0 Å². The normalized spacial score (nSPS) is 16.9. The summed E-state index contributed by atoms with van der Waals surface area (Å²) < 4.78 is 5.36. The molecule has 1 saturated heterocycles. The van der Waals surface area contributed by atoms with E-state index in [-0.39, 0.29) is 11.8 Å². The van der Waals surface area contributed by atoms with E-state index < -0.39 is 6.04 Å². The molecule has 26 heavy (non-hydrogen) atoms. The van der Waals surface area contributed by atoms with Crippen LogP contribution in [0.15, 0.2) is 28.8 Å². The number of aromatic nitrogens is 2. The summed E-state index contributed by atoms with van der Waals surface area (Å²) in [6.07, 6.45) is 0. The number of benzene rings is 1. The van der Waals surface area contributed by atoms with Crippen molar-refractivity contribution < 1.29 is 9.32 Å². The first-order valence-corrected chi connectivity index (χ1v) is 9.17. The molecule has 0 radical (unpaired) electrons. The van der Waals surface area contributed by atoms with Gasteiger partial charge in [-0.25, -0.2) is 0 Å². The highest BCUT2D eigenvalue weighted by atomic mass is 35.5. The molecule has 140 valence electrons. The number of halogens is 1. The van der Waals surface area contributed by atoms with E-state index >= 15 is 0 Å². The second-order valence-electron chi connectivity index (χ2n) is 6.89. The molecule has 0 bridgehead atoms. The van der Waals surface area contributed by atoms with E-state index in [1.807, 2.05) is 30.9 Å². The van der Waals surface area contributed by atoms with Crippen molar-refractivity contribution >= 4 is 17.5 Å². The van der Waals surface area contributed by atoms with Crippen LogP contribution in [0.4, 0.5) is 0 Å². The molecule has 1 amide bonds. The second-order valence-corrected chi connectivity index (χ2v) is 7.33. The minimum Gasteiger partial charge on any atom is -0.339 e. The molecule has 0 saturated carbocycles. The molecular weight excluding hydrogens is 354 g/mol. The van der Waals surface area contributed by atoms with E-state index in [0.29, 0.717) is 36.4 Å². The first-order valence-electron chi connectivity index (χ1n) is 8.79. The Kier molecular flexibility index (Phi) is 5.90. The van der Waals surface area contributed by atoms with E-state index in [1.54, 1.807) is 12.1 Å². The van der Waals surface area contributed by atoms with Crippen molar-refractivity contribution in [2.75, 3.05) is 26.2 Å². The molecule has 0 unspecified atom stereocenters.